The second kappa shape index (κ2) is 20.4. The molecule has 5 rings (SSSR count). The second-order valence-electron chi connectivity index (χ2n) is 15.8. The van der Waals surface area contributed by atoms with Crippen LogP contribution in [-0.2, 0) is 25.6 Å². The van der Waals surface area contributed by atoms with Crippen molar-refractivity contribution in [3.05, 3.63) is 66.1 Å². The minimum atomic E-state index is -1.02. The first-order chi connectivity index (χ1) is 26.9. The molecule has 2 aliphatic heterocycles. The van der Waals surface area contributed by atoms with Crippen LogP contribution >= 0.6 is 0 Å². The van der Waals surface area contributed by atoms with Crippen LogP contribution in [0.2, 0.25) is 0 Å². The molecule has 0 radical (unpaired) electrons. The summed E-state index contributed by atoms with van der Waals surface area (Å²) >= 11 is 0. The molecule has 13 nitrogen and oxygen atoms in total. The number of aliphatic hydroxyl groups excluding tert-OH is 1. The fourth-order valence-corrected chi connectivity index (χ4v) is 7.45. The van der Waals surface area contributed by atoms with E-state index in [1.165, 1.54) is 29.2 Å². The Hall–Kier alpha value is -4.82. The summed E-state index contributed by atoms with van der Waals surface area (Å²) < 4.78 is 19.3. The van der Waals surface area contributed by atoms with Gasteiger partial charge in [-0.05, 0) is 98.8 Å². The zero-order chi connectivity index (χ0) is 40.2. The van der Waals surface area contributed by atoms with E-state index in [0.717, 1.165) is 48.8 Å². The number of halogens is 1. The summed E-state index contributed by atoms with van der Waals surface area (Å²) in [5.74, 6) is -0.617. The molecule has 2 aromatic carbocycles. The fourth-order valence-electron chi connectivity index (χ4n) is 7.45. The number of amides is 4. The molecule has 1 fully saturated rings. The molecule has 1 aromatic heterocycles. The number of benzene rings is 2. The van der Waals surface area contributed by atoms with Crippen molar-refractivity contribution >= 4 is 40.4 Å². The Morgan fingerprint density at radius 3 is 2.20 bits per heavy atom. The summed E-state index contributed by atoms with van der Waals surface area (Å²) in [7, 11) is 0. The number of hydrogen-bond acceptors (Lipinski definition) is 8. The number of amidine groups is 1. The average molecular weight is 776 g/mol. The van der Waals surface area contributed by atoms with E-state index in [9.17, 15) is 28.7 Å². The van der Waals surface area contributed by atoms with Gasteiger partial charge >= 0.3 is 0 Å². The lowest BCUT2D eigenvalue weighted by Gasteiger charge is -2.32. The number of H-pyrrole nitrogens is 1. The van der Waals surface area contributed by atoms with Crippen molar-refractivity contribution in [1.82, 2.24) is 30.7 Å². The predicted octanol–water partition coefficient (Wildman–Crippen LogP) is 3.81. The number of aliphatic hydroxyl groups is 1. The van der Waals surface area contributed by atoms with Gasteiger partial charge in [0.2, 0.25) is 17.7 Å². The van der Waals surface area contributed by atoms with Crippen LogP contribution in [0, 0.1) is 23.6 Å². The third-order valence-electron chi connectivity index (χ3n) is 10.4. The summed E-state index contributed by atoms with van der Waals surface area (Å²) in [5, 5.41) is 19.1. The van der Waals surface area contributed by atoms with E-state index in [-0.39, 0.29) is 49.8 Å². The number of nitrogens with one attached hydrogen (secondary N) is 4. The number of nitrogens with zero attached hydrogens (tertiary/aromatic N) is 3. The molecule has 0 unspecified atom stereocenters. The molecule has 0 spiro atoms. The number of aromatic amines is 1. The number of piperidine rings is 1. The van der Waals surface area contributed by atoms with Gasteiger partial charge in [-0.1, -0.05) is 45.9 Å². The predicted molar refractivity (Wildman–Crippen MR) is 213 cm³/mol. The van der Waals surface area contributed by atoms with E-state index >= 15 is 0 Å². The lowest BCUT2D eigenvalue weighted by Crippen LogP contribution is -2.58. The van der Waals surface area contributed by atoms with Crippen LogP contribution < -0.4 is 20.7 Å². The third kappa shape index (κ3) is 12.1. The molecule has 5 N–H and O–H groups in total. The van der Waals surface area contributed by atoms with Crippen molar-refractivity contribution in [2.75, 3.05) is 45.9 Å². The number of aromatic nitrogens is 1. The van der Waals surface area contributed by atoms with Gasteiger partial charge in [0.1, 0.15) is 42.1 Å². The molecule has 3 aromatic rings. The van der Waals surface area contributed by atoms with Crippen molar-refractivity contribution < 1.29 is 33.4 Å². The van der Waals surface area contributed by atoms with Crippen molar-refractivity contribution in [2.24, 2.45) is 22.7 Å². The molecule has 304 valence electrons. The van der Waals surface area contributed by atoms with Crippen LogP contribution in [0.4, 0.5) is 4.39 Å². The van der Waals surface area contributed by atoms with Gasteiger partial charge in [-0.3, -0.25) is 34.0 Å². The number of fused-ring (bicyclic) bond motifs is 1. The third-order valence-corrected chi connectivity index (χ3v) is 10.4. The lowest BCUT2D eigenvalue weighted by atomic mass is 9.94. The van der Waals surface area contributed by atoms with Crippen LogP contribution in [-0.4, -0.2) is 113 Å². The highest BCUT2D eigenvalue weighted by Crippen LogP contribution is 2.22. The van der Waals surface area contributed by atoms with Gasteiger partial charge in [0.15, 0.2) is 0 Å². The Morgan fingerprint density at radius 1 is 0.893 bits per heavy atom. The van der Waals surface area contributed by atoms with Gasteiger partial charge in [-0.15, -0.1) is 0 Å². The minimum Gasteiger partial charge on any atom is -0.486 e. The Bertz CT molecular complexity index is 1800. The standard InChI is InChI=1S/C42H58FN7O6/c1-27(2)21-35(46-39(52)25-49-17-13-29(14-18-49)15-20-51)40(53)47-36(22-28(3)4)41(54)48-37(23-30-24-45-34-8-6-5-7-33(30)34)42(55)50-19-16-44-38(50)26-56-32-11-9-31(43)10-12-32/h5-12,24,27-29,35-37,45,51H,13-23,25-26H2,1-4H3,(H,46,52)(H,47,53)(H,48,54)/t35-,36-,37-/m0/s1. The molecule has 14 heteroatoms. The van der Waals surface area contributed by atoms with Crippen molar-refractivity contribution in [2.45, 2.75) is 84.3 Å². The number of likely N-dealkylation sites (tertiary alicyclic amines) is 1. The van der Waals surface area contributed by atoms with Crippen molar-refractivity contribution in [3.8, 4) is 5.75 Å². The lowest BCUT2D eigenvalue weighted by molar-refractivity contribution is -0.136. The Balaban J connectivity index is 1.30. The van der Waals surface area contributed by atoms with Gasteiger partial charge in [-0.2, -0.15) is 0 Å². The molecule has 1 saturated heterocycles. The van der Waals surface area contributed by atoms with Crippen molar-refractivity contribution in [3.63, 3.8) is 0 Å². The molecule has 4 amide bonds. The monoisotopic (exact) mass is 775 g/mol. The van der Waals surface area contributed by atoms with Crippen LogP contribution in [0.25, 0.3) is 10.9 Å². The molecule has 56 heavy (non-hydrogen) atoms. The maximum absolute atomic E-state index is 14.4. The van der Waals surface area contributed by atoms with Gasteiger partial charge in [0, 0.05) is 36.7 Å². The number of rotatable bonds is 19. The topological polar surface area (TPSA) is 168 Å². The molecular weight excluding hydrogens is 718 g/mol. The summed E-state index contributed by atoms with van der Waals surface area (Å²) in [6, 6.07) is 10.4. The minimum absolute atomic E-state index is 0.0154. The smallest absolute Gasteiger partial charge is 0.250 e. The van der Waals surface area contributed by atoms with E-state index in [1.807, 2.05) is 58.2 Å². The Kier molecular flexibility index (Phi) is 15.4. The molecular formula is C42H58FN7O6. The summed E-state index contributed by atoms with van der Waals surface area (Å²) in [6.07, 6.45) is 5.27. The van der Waals surface area contributed by atoms with E-state index < -0.39 is 35.8 Å². The van der Waals surface area contributed by atoms with Gasteiger partial charge < -0.3 is 30.8 Å². The summed E-state index contributed by atoms with van der Waals surface area (Å²) in [4.78, 5) is 67.2. The van der Waals surface area contributed by atoms with E-state index in [0.29, 0.717) is 43.4 Å². The first kappa shape index (κ1) is 42.3. The van der Waals surface area contributed by atoms with Crippen LogP contribution in [0.3, 0.4) is 0 Å². The second-order valence-corrected chi connectivity index (χ2v) is 15.8. The molecule has 3 atom stereocenters. The zero-order valence-electron chi connectivity index (χ0n) is 33.1. The largest absolute Gasteiger partial charge is 0.486 e. The maximum Gasteiger partial charge on any atom is 0.250 e. The SMILES string of the molecule is CC(C)C[C@H](NC(=O)CN1CCC(CCO)CC1)C(=O)N[C@@H](CC(C)C)C(=O)N[C@@H](Cc1c[nH]c2ccccc12)C(=O)N1CCN=C1COc1ccc(F)cc1. The highest BCUT2D eigenvalue weighted by molar-refractivity contribution is 6.04. The van der Waals surface area contributed by atoms with Crippen LogP contribution in [0.5, 0.6) is 5.75 Å². The molecule has 0 saturated carbocycles. The average Bonchev–Trinajstić information content (AvgIpc) is 3.81. The van der Waals surface area contributed by atoms with E-state index in [4.69, 9.17) is 4.74 Å². The first-order valence-corrected chi connectivity index (χ1v) is 19.9. The number of carbonyl (C=O) groups is 4. The molecule has 0 aliphatic carbocycles. The van der Waals surface area contributed by atoms with Gasteiger partial charge in [0.05, 0.1) is 13.1 Å². The molecule has 0 bridgehead atoms. The van der Waals surface area contributed by atoms with Gasteiger partial charge in [-0.25, -0.2) is 4.39 Å². The quantitative estimate of drug-likeness (QED) is 0.123. The summed E-state index contributed by atoms with van der Waals surface area (Å²) in [5.41, 5.74) is 1.73. The number of para-hydroxylation sites is 1. The fraction of sp³-hybridized carbons (Fsp3) is 0.548. The number of hydrogen-bond donors (Lipinski definition) is 5. The number of carbonyl (C=O) groups excluding carboxylic acids is 4. The van der Waals surface area contributed by atoms with E-state index in [2.05, 4.69) is 30.8 Å². The normalized spacial score (nSPS) is 16.8. The van der Waals surface area contributed by atoms with E-state index in [1.54, 1.807) is 0 Å². The van der Waals surface area contributed by atoms with Crippen molar-refractivity contribution in [1.29, 1.82) is 0 Å². The summed E-state index contributed by atoms with van der Waals surface area (Å²) in [6.45, 7) is 10.3. The highest BCUT2D eigenvalue weighted by atomic mass is 19.1. The molecule has 3 heterocycles. The maximum atomic E-state index is 14.4. The highest BCUT2D eigenvalue weighted by Gasteiger charge is 2.35. The van der Waals surface area contributed by atoms with Crippen LogP contribution in [0.15, 0.2) is 59.7 Å². The van der Waals surface area contributed by atoms with Crippen LogP contribution in [0.1, 0.15) is 65.4 Å². The molecule has 2 aliphatic rings. The van der Waals surface area contributed by atoms with Gasteiger partial charge in [0.25, 0.3) is 5.91 Å². The Labute approximate surface area is 328 Å². The number of ether oxygens (including phenoxy) is 1. The Morgan fingerprint density at radius 2 is 1.54 bits per heavy atom. The number of aliphatic imine (C=N–C) groups is 1. The first-order valence-electron chi connectivity index (χ1n) is 19.9. The zero-order valence-corrected chi connectivity index (χ0v) is 33.1.